The van der Waals surface area contributed by atoms with Crippen molar-refractivity contribution in [3.05, 3.63) is 46.9 Å². The number of amides is 1. The molecule has 0 saturated heterocycles. The first kappa shape index (κ1) is 15.1. The molecule has 2 N–H and O–H groups in total. The van der Waals surface area contributed by atoms with Gasteiger partial charge in [-0.25, -0.2) is 9.37 Å². The lowest BCUT2D eigenvalue weighted by atomic mass is 10.2. The van der Waals surface area contributed by atoms with Gasteiger partial charge in [0.25, 0.3) is 5.91 Å². The summed E-state index contributed by atoms with van der Waals surface area (Å²) in [6, 6.07) is 6.04. The zero-order chi connectivity index (χ0) is 15.4. The second-order valence-electron chi connectivity index (χ2n) is 4.07. The average Bonchev–Trinajstić information content (AvgIpc) is 2.49. The molecule has 1 heterocycles. The van der Waals surface area contributed by atoms with E-state index in [2.05, 4.69) is 15.6 Å². The van der Waals surface area contributed by atoms with Gasteiger partial charge in [-0.1, -0.05) is 11.6 Å². The fourth-order valence-corrected chi connectivity index (χ4v) is 1.92. The van der Waals surface area contributed by atoms with Gasteiger partial charge in [0.2, 0.25) is 0 Å². The zero-order valence-corrected chi connectivity index (χ0v) is 12.2. The molecule has 2 aromatic rings. The lowest BCUT2D eigenvalue weighted by molar-refractivity contribution is 0.102. The number of rotatable bonds is 4. The highest BCUT2D eigenvalue weighted by Crippen LogP contribution is 2.27. The zero-order valence-electron chi connectivity index (χ0n) is 11.4. The number of ether oxygens (including phenoxy) is 1. The van der Waals surface area contributed by atoms with E-state index in [1.807, 2.05) is 0 Å². The van der Waals surface area contributed by atoms with Crippen molar-refractivity contribution in [3.63, 3.8) is 0 Å². The van der Waals surface area contributed by atoms with E-state index in [1.54, 1.807) is 18.2 Å². The van der Waals surface area contributed by atoms with Gasteiger partial charge in [-0.15, -0.1) is 0 Å². The number of halogens is 2. The molecule has 2 rings (SSSR count). The molecular weight excluding hydrogens is 297 g/mol. The Morgan fingerprint density at radius 1 is 1.38 bits per heavy atom. The number of hydrogen-bond acceptors (Lipinski definition) is 4. The molecule has 0 atom stereocenters. The molecule has 0 unspecified atom stereocenters. The van der Waals surface area contributed by atoms with Crippen molar-refractivity contribution in [1.82, 2.24) is 4.98 Å². The molecule has 110 valence electrons. The monoisotopic (exact) mass is 309 g/mol. The van der Waals surface area contributed by atoms with Crippen molar-refractivity contribution < 1.29 is 13.9 Å². The highest BCUT2D eigenvalue weighted by atomic mass is 35.5. The molecule has 0 radical (unpaired) electrons. The summed E-state index contributed by atoms with van der Waals surface area (Å²) in [6.07, 6.45) is 1.35. The van der Waals surface area contributed by atoms with E-state index in [1.165, 1.54) is 26.4 Å². The molecule has 0 aliphatic carbocycles. The predicted molar refractivity (Wildman–Crippen MR) is 79.7 cm³/mol. The van der Waals surface area contributed by atoms with E-state index in [-0.39, 0.29) is 11.4 Å². The van der Waals surface area contributed by atoms with E-state index in [0.29, 0.717) is 16.5 Å². The third kappa shape index (κ3) is 3.22. The second kappa shape index (κ2) is 6.41. The SMILES string of the molecule is CNc1nccc(C(=O)Nc2ccc(Cl)c(OC)c2)c1F. The number of benzene rings is 1. The van der Waals surface area contributed by atoms with E-state index >= 15 is 0 Å². The number of pyridine rings is 1. The standard InChI is InChI=1S/C14H13ClFN3O2/c1-17-13-12(16)9(5-6-18-13)14(20)19-8-3-4-10(15)11(7-8)21-2/h3-7H,1-2H3,(H,17,18)(H,19,20). The molecule has 0 aliphatic heterocycles. The second-order valence-corrected chi connectivity index (χ2v) is 4.48. The lowest BCUT2D eigenvalue weighted by Crippen LogP contribution is -2.15. The van der Waals surface area contributed by atoms with Gasteiger partial charge < -0.3 is 15.4 Å². The maximum atomic E-state index is 14.0. The van der Waals surface area contributed by atoms with Crippen LogP contribution in [0.2, 0.25) is 5.02 Å². The third-order valence-electron chi connectivity index (χ3n) is 2.78. The van der Waals surface area contributed by atoms with Gasteiger partial charge in [0.1, 0.15) is 5.75 Å². The Bertz CT molecular complexity index is 679. The minimum Gasteiger partial charge on any atom is -0.495 e. The van der Waals surface area contributed by atoms with Crippen molar-refractivity contribution in [2.45, 2.75) is 0 Å². The molecular formula is C14H13ClFN3O2. The molecule has 1 amide bonds. The quantitative estimate of drug-likeness (QED) is 0.910. The van der Waals surface area contributed by atoms with Crippen LogP contribution in [-0.2, 0) is 0 Å². The van der Waals surface area contributed by atoms with Crippen LogP contribution in [0.5, 0.6) is 5.75 Å². The van der Waals surface area contributed by atoms with Crippen molar-refractivity contribution >= 4 is 29.0 Å². The minimum absolute atomic E-state index is 0.0105. The highest BCUT2D eigenvalue weighted by molar-refractivity contribution is 6.32. The van der Waals surface area contributed by atoms with Gasteiger partial charge >= 0.3 is 0 Å². The maximum absolute atomic E-state index is 14.0. The summed E-state index contributed by atoms with van der Waals surface area (Å²) >= 11 is 5.90. The maximum Gasteiger partial charge on any atom is 0.258 e. The number of methoxy groups -OCH3 is 1. The normalized spacial score (nSPS) is 10.1. The van der Waals surface area contributed by atoms with Crippen LogP contribution in [0.1, 0.15) is 10.4 Å². The smallest absolute Gasteiger partial charge is 0.258 e. The molecule has 1 aromatic carbocycles. The van der Waals surface area contributed by atoms with Crippen LogP contribution in [0.4, 0.5) is 15.9 Å². The molecule has 7 heteroatoms. The van der Waals surface area contributed by atoms with Crippen LogP contribution < -0.4 is 15.4 Å². The number of carbonyl (C=O) groups excluding carboxylic acids is 1. The largest absolute Gasteiger partial charge is 0.495 e. The van der Waals surface area contributed by atoms with E-state index in [0.717, 1.165) is 0 Å². The van der Waals surface area contributed by atoms with Crippen molar-refractivity contribution in [1.29, 1.82) is 0 Å². The molecule has 5 nitrogen and oxygen atoms in total. The lowest BCUT2D eigenvalue weighted by Gasteiger charge is -2.10. The van der Waals surface area contributed by atoms with Gasteiger partial charge in [0.15, 0.2) is 11.6 Å². The van der Waals surface area contributed by atoms with Gasteiger partial charge in [0.05, 0.1) is 17.7 Å². The Balaban J connectivity index is 2.26. The first-order chi connectivity index (χ1) is 10.1. The Morgan fingerprint density at radius 2 is 2.14 bits per heavy atom. The van der Waals surface area contributed by atoms with Crippen molar-refractivity contribution in [2.75, 3.05) is 24.8 Å². The molecule has 0 bridgehead atoms. The van der Waals surface area contributed by atoms with Gasteiger partial charge in [-0.2, -0.15) is 0 Å². The molecule has 0 saturated carbocycles. The molecule has 0 spiro atoms. The number of carbonyl (C=O) groups is 1. The number of anilines is 2. The summed E-state index contributed by atoms with van der Waals surface area (Å²) in [6.45, 7) is 0. The average molecular weight is 310 g/mol. The number of hydrogen-bond donors (Lipinski definition) is 2. The Morgan fingerprint density at radius 3 is 2.81 bits per heavy atom. The predicted octanol–water partition coefficient (Wildman–Crippen LogP) is 3.18. The fraction of sp³-hybridized carbons (Fsp3) is 0.143. The Hall–Kier alpha value is -2.34. The minimum atomic E-state index is -0.710. The number of aromatic nitrogens is 1. The molecule has 0 fully saturated rings. The molecule has 21 heavy (non-hydrogen) atoms. The van der Waals surface area contributed by atoms with Crippen LogP contribution in [0.25, 0.3) is 0 Å². The van der Waals surface area contributed by atoms with E-state index < -0.39 is 11.7 Å². The topological polar surface area (TPSA) is 63.2 Å². The number of nitrogens with zero attached hydrogens (tertiary/aromatic N) is 1. The van der Waals surface area contributed by atoms with Crippen molar-refractivity contribution in [3.8, 4) is 5.75 Å². The van der Waals surface area contributed by atoms with Crippen LogP contribution >= 0.6 is 11.6 Å². The Kier molecular flexibility index (Phi) is 4.59. The van der Waals surface area contributed by atoms with E-state index in [4.69, 9.17) is 16.3 Å². The van der Waals surface area contributed by atoms with Crippen LogP contribution in [0, 0.1) is 5.82 Å². The first-order valence-corrected chi connectivity index (χ1v) is 6.41. The summed E-state index contributed by atoms with van der Waals surface area (Å²) in [5.74, 6) is -0.869. The van der Waals surface area contributed by atoms with Crippen LogP contribution in [0.15, 0.2) is 30.5 Å². The molecule has 0 aliphatic rings. The van der Waals surface area contributed by atoms with Crippen LogP contribution in [0.3, 0.4) is 0 Å². The third-order valence-corrected chi connectivity index (χ3v) is 3.09. The Labute approximate surface area is 126 Å². The van der Waals surface area contributed by atoms with Crippen LogP contribution in [-0.4, -0.2) is 25.0 Å². The summed E-state index contributed by atoms with van der Waals surface area (Å²) < 4.78 is 19.1. The molecule has 1 aromatic heterocycles. The first-order valence-electron chi connectivity index (χ1n) is 6.04. The fourth-order valence-electron chi connectivity index (χ4n) is 1.73. The summed E-state index contributed by atoms with van der Waals surface area (Å²) in [7, 11) is 2.99. The van der Waals surface area contributed by atoms with E-state index in [9.17, 15) is 9.18 Å². The summed E-state index contributed by atoms with van der Waals surface area (Å²) in [5, 5.41) is 5.58. The van der Waals surface area contributed by atoms with Gasteiger partial charge in [0, 0.05) is 25.0 Å². The highest BCUT2D eigenvalue weighted by Gasteiger charge is 2.16. The van der Waals surface area contributed by atoms with Gasteiger partial charge in [-0.3, -0.25) is 4.79 Å². The number of nitrogens with one attached hydrogen (secondary N) is 2. The van der Waals surface area contributed by atoms with Gasteiger partial charge in [-0.05, 0) is 18.2 Å². The summed E-state index contributed by atoms with van der Waals surface area (Å²) in [4.78, 5) is 15.9. The van der Waals surface area contributed by atoms with Crippen molar-refractivity contribution in [2.24, 2.45) is 0 Å². The summed E-state index contributed by atoms with van der Waals surface area (Å²) in [5.41, 5.74) is 0.340.